The summed E-state index contributed by atoms with van der Waals surface area (Å²) in [6.45, 7) is 0.640. The molecule has 0 aromatic carbocycles. The van der Waals surface area contributed by atoms with Gasteiger partial charge in [-0.15, -0.1) is 0 Å². The molecule has 6 heteroatoms. The van der Waals surface area contributed by atoms with E-state index in [1.807, 2.05) is 7.05 Å². The molecule has 2 rings (SSSR count). The molecule has 2 aromatic heterocycles. The zero-order valence-electron chi connectivity index (χ0n) is 7.86. The molecule has 0 amide bonds. The highest BCUT2D eigenvalue weighted by Gasteiger charge is 2.03. The molecule has 0 saturated heterocycles. The average molecular weight is 192 g/mol. The summed E-state index contributed by atoms with van der Waals surface area (Å²) in [5.74, 6) is 0.696. The predicted molar refractivity (Wildman–Crippen MR) is 53.5 cm³/mol. The highest BCUT2D eigenvalue weighted by atomic mass is 15.3. The van der Waals surface area contributed by atoms with Gasteiger partial charge < -0.3 is 16.0 Å². The number of nitrogen functional groups attached to an aromatic ring is 1. The molecule has 2 heterocycles. The summed E-state index contributed by atoms with van der Waals surface area (Å²) >= 11 is 0. The quantitative estimate of drug-likeness (QED) is 0.654. The number of aromatic amines is 1. The number of nitrogens with one attached hydrogen (secondary N) is 2. The monoisotopic (exact) mass is 192 g/mol. The molecule has 0 saturated carbocycles. The Kier molecular flexibility index (Phi) is 2.10. The van der Waals surface area contributed by atoms with Crippen LogP contribution in [-0.2, 0) is 13.6 Å². The Hall–Kier alpha value is -1.98. The predicted octanol–water partition coefficient (Wildman–Crippen LogP) is 0.337. The van der Waals surface area contributed by atoms with Crippen LogP contribution in [0.3, 0.4) is 0 Å². The molecule has 0 spiro atoms. The number of hydrogen-bond acceptors (Lipinski definition) is 4. The van der Waals surface area contributed by atoms with Gasteiger partial charge in [0.05, 0.1) is 24.3 Å². The molecule has 74 valence electrons. The van der Waals surface area contributed by atoms with Gasteiger partial charge in [0.15, 0.2) is 5.82 Å². The Morgan fingerprint density at radius 3 is 3.07 bits per heavy atom. The van der Waals surface area contributed by atoms with Crippen LogP contribution in [0.15, 0.2) is 18.7 Å². The lowest BCUT2D eigenvalue weighted by molar-refractivity contribution is 0.768. The van der Waals surface area contributed by atoms with Gasteiger partial charge in [-0.1, -0.05) is 0 Å². The van der Waals surface area contributed by atoms with E-state index in [0.717, 1.165) is 5.69 Å². The van der Waals surface area contributed by atoms with Crippen molar-refractivity contribution in [2.24, 2.45) is 7.05 Å². The first-order chi connectivity index (χ1) is 6.75. The zero-order chi connectivity index (χ0) is 9.97. The second-order valence-corrected chi connectivity index (χ2v) is 3.04. The lowest BCUT2D eigenvalue weighted by Gasteiger charge is -2.00. The van der Waals surface area contributed by atoms with Crippen molar-refractivity contribution < 1.29 is 0 Å². The summed E-state index contributed by atoms with van der Waals surface area (Å²) in [5.41, 5.74) is 7.35. The van der Waals surface area contributed by atoms with E-state index in [1.54, 1.807) is 23.4 Å². The molecular weight excluding hydrogens is 180 g/mol. The van der Waals surface area contributed by atoms with Gasteiger partial charge >= 0.3 is 0 Å². The van der Waals surface area contributed by atoms with E-state index in [-0.39, 0.29) is 0 Å². The van der Waals surface area contributed by atoms with Crippen molar-refractivity contribution in [3.05, 3.63) is 24.4 Å². The molecule has 0 bridgehead atoms. The Balaban J connectivity index is 2.01. The highest BCUT2D eigenvalue weighted by molar-refractivity contribution is 5.59. The van der Waals surface area contributed by atoms with Crippen LogP contribution >= 0.6 is 0 Å². The standard InChI is InChI=1S/C8H12N6/c1-14-4-7(9)8(13-14)11-3-6-2-10-5-12-6/h2,4-5H,3,9H2,1H3,(H,10,12)(H,11,13). The Bertz CT molecular complexity index is 401. The number of anilines is 2. The number of aromatic nitrogens is 4. The number of rotatable bonds is 3. The number of hydrogen-bond donors (Lipinski definition) is 3. The van der Waals surface area contributed by atoms with Crippen LogP contribution in [0.25, 0.3) is 0 Å². The Labute approximate surface area is 81.1 Å². The average Bonchev–Trinajstić information content (AvgIpc) is 2.72. The second kappa shape index (κ2) is 3.41. The molecule has 0 aliphatic rings. The van der Waals surface area contributed by atoms with Crippen LogP contribution in [0.1, 0.15) is 5.69 Å². The van der Waals surface area contributed by atoms with Crippen molar-refractivity contribution in [3.63, 3.8) is 0 Å². The Morgan fingerprint density at radius 1 is 1.64 bits per heavy atom. The first-order valence-electron chi connectivity index (χ1n) is 4.26. The van der Waals surface area contributed by atoms with Gasteiger partial charge in [-0.2, -0.15) is 5.10 Å². The largest absolute Gasteiger partial charge is 0.394 e. The molecule has 0 aliphatic carbocycles. The number of aryl methyl sites for hydroxylation is 1. The van der Waals surface area contributed by atoms with Crippen LogP contribution in [0.4, 0.5) is 11.5 Å². The van der Waals surface area contributed by atoms with Crippen molar-refractivity contribution in [1.82, 2.24) is 19.7 Å². The van der Waals surface area contributed by atoms with Crippen molar-refractivity contribution in [2.45, 2.75) is 6.54 Å². The van der Waals surface area contributed by atoms with E-state index in [2.05, 4.69) is 20.4 Å². The molecular formula is C8H12N6. The third-order valence-corrected chi connectivity index (χ3v) is 1.86. The number of H-pyrrole nitrogens is 1. The summed E-state index contributed by atoms with van der Waals surface area (Å²) in [7, 11) is 1.83. The van der Waals surface area contributed by atoms with Crippen molar-refractivity contribution >= 4 is 11.5 Å². The SMILES string of the molecule is Cn1cc(N)c(NCc2cnc[nH]2)n1. The molecule has 14 heavy (non-hydrogen) atoms. The molecule has 6 nitrogen and oxygen atoms in total. The van der Waals surface area contributed by atoms with Crippen molar-refractivity contribution in [2.75, 3.05) is 11.1 Å². The van der Waals surface area contributed by atoms with Gasteiger partial charge in [-0.05, 0) is 0 Å². The van der Waals surface area contributed by atoms with Gasteiger partial charge in [-0.25, -0.2) is 4.98 Å². The van der Waals surface area contributed by atoms with Crippen LogP contribution in [-0.4, -0.2) is 19.7 Å². The minimum absolute atomic E-state index is 0.640. The van der Waals surface area contributed by atoms with E-state index in [9.17, 15) is 0 Å². The second-order valence-electron chi connectivity index (χ2n) is 3.04. The molecule has 2 aromatic rings. The summed E-state index contributed by atoms with van der Waals surface area (Å²) < 4.78 is 1.67. The minimum atomic E-state index is 0.640. The van der Waals surface area contributed by atoms with Crippen molar-refractivity contribution in [1.29, 1.82) is 0 Å². The van der Waals surface area contributed by atoms with Gasteiger partial charge in [0.2, 0.25) is 0 Å². The van der Waals surface area contributed by atoms with Crippen molar-refractivity contribution in [3.8, 4) is 0 Å². The summed E-state index contributed by atoms with van der Waals surface area (Å²) in [4.78, 5) is 6.89. The maximum atomic E-state index is 5.71. The first-order valence-corrected chi connectivity index (χ1v) is 4.26. The van der Waals surface area contributed by atoms with Crippen LogP contribution in [0.2, 0.25) is 0 Å². The van der Waals surface area contributed by atoms with Gasteiger partial charge in [0.25, 0.3) is 0 Å². The topological polar surface area (TPSA) is 84.5 Å². The molecule has 0 atom stereocenters. The van der Waals surface area contributed by atoms with E-state index in [1.165, 1.54) is 0 Å². The van der Waals surface area contributed by atoms with Gasteiger partial charge in [-0.3, -0.25) is 4.68 Å². The number of nitrogens with zero attached hydrogens (tertiary/aromatic N) is 3. The van der Waals surface area contributed by atoms with Gasteiger partial charge in [0, 0.05) is 19.4 Å². The van der Waals surface area contributed by atoms with Gasteiger partial charge in [0.1, 0.15) is 0 Å². The van der Waals surface area contributed by atoms with E-state index < -0.39 is 0 Å². The smallest absolute Gasteiger partial charge is 0.171 e. The number of nitrogens with two attached hydrogens (primary N) is 1. The van der Waals surface area contributed by atoms with Crippen LogP contribution in [0.5, 0.6) is 0 Å². The fourth-order valence-corrected chi connectivity index (χ4v) is 1.20. The third kappa shape index (κ3) is 1.68. The molecule has 0 unspecified atom stereocenters. The summed E-state index contributed by atoms with van der Waals surface area (Å²) in [5, 5.41) is 7.26. The number of imidazole rings is 1. The molecule has 0 fully saturated rings. The maximum Gasteiger partial charge on any atom is 0.171 e. The maximum absolute atomic E-state index is 5.71. The lowest BCUT2D eigenvalue weighted by atomic mass is 10.4. The fourth-order valence-electron chi connectivity index (χ4n) is 1.20. The van der Waals surface area contributed by atoms with E-state index >= 15 is 0 Å². The summed E-state index contributed by atoms with van der Waals surface area (Å²) in [6.07, 6.45) is 5.15. The molecule has 4 N–H and O–H groups in total. The highest BCUT2D eigenvalue weighted by Crippen LogP contribution is 2.14. The normalized spacial score (nSPS) is 10.4. The Morgan fingerprint density at radius 2 is 2.50 bits per heavy atom. The van der Waals surface area contributed by atoms with Crippen LogP contribution in [0, 0.1) is 0 Å². The minimum Gasteiger partial charge on any atom is -0.394 e. The lowest BCUT2D eigenvalue weighted by Crippen LogP contribution is -2.02. The van der Waals surface area contributed by atoms with Crippen LogP contribution < -0.4 is 11.1 Å². The van der Waals surface area contributed by atoms with E-state index in [0.29, 0.717) is 18.1 Å². The third-order valence-electron chi connectivity index (χ3n) is 1.86. The first kappa shape index (κ1) is 8.61. The molecule has 0 aliphatic heterocycles. The fraction of sp³-hybridized carbons (Fsp3) is 0.250. The molecule has 0 radical (unpaired) electrons. The summed E-state index contributed by atoms with van der Waals surface area (Å²) in [6, 6.07) is 0. The van der Waals surface area contributed by atoms with E-state index in [4.69, 9.17) is 5.73 Å². The zero-order valence-corrected chi connectivity index (χ0v) is 7.86.